The summed E-state index contributed by atoms with van der Waals surface area (Å²) in [4.78, 5) is 18.2. The van der Waals surface area contributed by atoms with Crippen molar-refractivity contribution in [2.45, 2.75) is 25.1 Å². The minimum Gasteiger partial charge on any atom is -0.326 e. The van der Waals surface area contributed by atoms with Crippen molar-refractivity contribution in [1.29, 1.82) is 0 Å². The number of rotatable bonds is 3. The Kier molecular flexibility index (Phi) is 3.83. The van der Waals surface area contributed by atoms with E-state index in [1.54, 1.807) is 12.4 Å². The zero-order chi connectivity index (χ0) is 11.4. The van der Waals surface area contributed by atoms with Gasteiger partial charge in [0, 0.05) is 24.7 Å². The van der Waals surface area contributed by atoms with E-state index >= 15 is 0 Å². The molecule has 1 aromatic rings. The molecule has 1 aromatic heterocycles. The number of amides is 1. The Hall–Kier alpha value is -1.03. The third-order valence-corrected chi connectivity index (χ3v) is 3.99. The lowest BCUT2D eigenvalue weighted by molar-refractivity contribution is 0.0756. The Morgan fingerprint density at radius 2 is 2.56 bits per heavy atom. The van der Waals surface area contributed by atoms with Crippen molar-refractivity contribution >= 4 is 17.7 Å². The smallest absolute Gasteiger partial charge is 0.256 e. The maximum atomic E-state index is 12.2. The molecular formula is C12H16N2OS. The number of carbonyl (C=O) groups excluding carboxylic acids is 1. The van der Waals surface area contributed by atoms with E-state index in [4.69, 9.17) is 0 Å². The van der Waals surface area contributed by atoms with Crippen molar-refractivity contribution in [1.82, 2.24) is 9.88 Å². The fourth-order valence-electron chi connectivity index (χ4n) is 1.89. The van der Waals surface area contributed by atoms with Gasteiger partial charge in [-0.05, 0) is 18.6 Å². The van der Waals surface area contributed by atoms with Gasteiger partial charge in [0.25, 0.3) is 5.91 Å². The molecule has 1 saturated heterocycles. The molecule has 0 aromatic carbocycles. The minimum atomic E-state index is 0.122. The van der Waals surface area contributed by atoms with Crippen molar-refractivity contribution < 1.29 is 4.79 Å². The molecule has 1 fully saturated rings. The molecule has 0 aliphatic carbocycles. The second-order valence-corrected chi connectivity index (χ2v) is 5.14. The van der Waals surface area contributed by atoms with Crippen LogP contribution in [0.15, 0.2) is 24.5 Å². The zero-order valence-corrected chi connectivity index (χ0v) is 10.2. The zero-order valence-electron chi connectivity index (χ0n) is 9.43. The van der Waals surface area contributed by atoms with E-state index in [-0.39, 0.29) is 5.91 Å². The lowest BCUT2D eigenvalue weighted by Gasteiger charge is -2.23. The molecule has 1 atom stereocenters. The molecule has 2 heterocycles. The summed E-state index contributed by atoms with van der Waals surface area (Å²) < 4.78 is 0. The van der Waals surface area contributed by atoms with Crippen LogP contribution >= 0.6 is 11.8 Å². The highest BCUT2D eigenvalue weighted by atomic mass is 32.2. The molecule has 3 nitrogen and oxygen atoms in total. The fourth-order valence-corrected chi connectivity index (χ4v) is 3.25. The first kappa shape index (κ1) is 11.5. The fraction of sp³-hybridized carbons (Fsp3) is 0.500. The molecule has 86 valence electrons. The van der Waals surface area contributed by atoms with Crippen LogP contribution in [0, 0.1) is 0 Å². The van der Waals surface area contributed by atoms with Crippen molar-refractivity contribution in [3.63, 3.8) is 0 Å². The average Bonchev–Trinajstić information content (AvgIpc) is 2.78. The molecule has 0 N–H and O–H groups in total. The van der Waals surface area contributed by atoms with E-state index < -0.39 is 0 Å². The van der Waals surface area contributed by atoms with E-state index in [1.807, 2.05) is 28.8 Å². The van der Waals surface area contributed by atoms with Crippen LogP contribution in [0.2, 0.25) is 0 Å². The SMILES string of the molecule is CCCC1SCCN1C(=O)c1cccnc1. The largest absolute Gasteiger partial charge is 0.326 e. The van der Waals surface area contributed by atoms with E-state index in [2.05, 4.69) is 11.9 Å². The van der Waals surface area contributed by atoms with Gasteiger partial charge in [0.2, 0.25) is 0 Å². The van der Waals surface area contributed by atoms with Gasteiger partial charge >= 0.3 is 0 Å². The number of nitrogens with zero attached hydrogens (tertiary/aromatic N) is 2. The van der Waals surface area contributed by atoms with E-state index in [0.29, 0.717) is 10.9 Å². The molecule has 1 aliphatic rings. The maximum absolute atomic E-state index is 12.2. The van der Waals surface area contributed by atoms with E-state index in [0.717, 1.165) is 25.1 Å². The second kappa shape index (κ2) is 5.34. The van der Waals surface area contributed by atoms with Gasteiger partial charge in [0.15, 0.2) is 0 Å². The van der Waals surface area contributed by atoms with Crippen LogP contribution in [0.5, 0.6) is 0 Å². The summed E-state index contributed by atoms with van der Waals surface area (Å²) in [6.45, 7) is 3.02. The molecule has 1 aliphatic heterocycles. The molecule has 4 heteroatoms. The lowest BCUT2D eigenvalue weighted by atomic mass is 10.2. The molecule has 0 spiro atoms. The van der Waals surface area contributed by atoms with Gasteiger partial charge in [0.05, 0.1) is 10.9 Å². The molecule has 2 rings (SSSR count). The van der Waals surface area contributed by atoms with Crippen molar-refractivity contribution in [2.75, 3.05) is 12.3 Å². The first-order chi connectivity index (χ1) is 7.83. The molecule has 0 radical (unpaired) electrons. The van der Waals surface area contributed by atoms with Crippen LogP contribution in [0.1, 0.15) is 30.1 Å². The quantitative estimate of drug-likeness (QED) is 0.808. The number of hydrogen-bond acceptors (Lipinski definition) is 3. The lowest BCUT2D eigenvalue weighted by Crippen LogP contribution is -2.34. The van der Waals surface area contributed by atoms with Crippen LogP contribution in [-0.2, 0) is 0 Å². The number of pyridine rings is 1. The van der Waals surface area contributed by atoms with E-state index in [9.17, 15) is 4.79 Å². The van der Waals surface area contributed by atoms with Gasteiger partial charge in [-0.15, -0.1) is 11.8 Å². The van der Waals surface area contributed by atoms with Crippen molar-refractivity contribution in [2.24, 2.45) is 0 Å². The van der Waals surface area contributed by atoms with Gasteiger partial charge < -0.3 is 4.90 Å². The minimum absolute atomic E-state index is 0.122. The normalized spacial score (nSPS) is 20.1. The van der Waals surface area contributed by atoms with Gasteiger partial charge in [-0.25, -0.2) is 0 Å². The first-order valence-corrected chi connectivity index (χ1v) is 6.70. The number of hydrogen-bond donors (Lipinski definition) is 0. The Balaban J connectivity index is 2.09. The molecule has 1 amide bonds. The van der Waals surface area contributed by atoms with Crippen LogP contribution in [0.3, 0.4) is 0 Å². The Morgan fingerprint density at radius 3 is 3.25 bits per heavy atom. The average molecular weight is 236 g/mol. The number of thioether (sulfide) groups is 1. The van der Waals surface area contributed by atoms with Crippen LogP contribution < -0.4 is 0 Å². The topological polar surface area (TPSA) is 33.2 Å². The summed E-state index contributed by atoms with van der Waals surface area (Å²) in [5.74, 6) is 1.17. The second-order valence-electron chi connectivity index (χ2n) is 3.85. The molecule has 16 heavy (non-hydrogen) atoms. The van der Waals surface area contributed by atoms with E-state index in [1.165, 1.54) is 0 Å². The standard InChI is InChI=1S/C12H16N2OS/c1-2-4-11-14(7-8-16-11)12(15)10-5-3-6-13-9-10/h3,5-6,9,11H,2,4,7-8H2,1H3. The number of aromatic nitrogens is 1. The summed E-state index contributed by atoms with van der Waals surface area (Å²) in [6, 6.07) is 3.65. The highest BCUT2D eigenvalue weighted by molar-refractivity contribution is 8.00. The number of carbonyl (C=O) groups is 1. The van der Waals surface area contributed by atoms with Gasteiger partial charge in [-0.3, -0.25) is 9.78 Å². The Labute approximate surface area is 100 Å². The van der Waals surface area contributed by atoms with Crippen LogP contribution in [0.4, 0.5) is 0 Å². The highest BCUT2D eigenvalue weighted by Gasteiger charge is 2.29. The Bertz CT molecular complexity index is 355. The van der Waals surface area contributed by atoms with Crippen molar-refractivity contribution in [3.8, 4) is 0 Å². The highest BCUT2D eigenvalue weighted by Crippen LogP contribution is 2.28. The van der Waals surface area contributed by atoms with Gasteiger partial charge in [-0.1, -0.05) is 13.3 Å². The van der Waals surface area contributed by atoms with Crippen molar-refractivity contribution in [3.05, 3.63) is 30.1 Å². The van der Waals surface area contributed by atoms with Crippen LogP contribution in [0.25, 0.3) is 0 Å². The molecule has 1 unspecified atom stereocenters. The summed E-state index contributed by atoms with van der Waals surface area (Å²) in [7, 11) is 0. The molecule has 0 saturated carbocycles. The third-order valence-electron chi connectivity index (χ3n) is 2.70. The van der Waals surface area contributed by atoms with Gasteiger partial charge in [0.1, 0.15) is 0 Å². The summed E-state index contributed by atoms with van der Waals surface area (Å²) in [5.41, 5.74) is 0.700. The first-order valence-electron chi connectivity index (χ1n) is 5.65. The monoisotopic (exact) mass is 236 g/mol. The summed E-state index contributed by atoms with van der Waals surface area (Å²) in [5, 5.41) is 0.359. The maximum Gasteiger partial charge on any atom is 0.256 e. The van der Waals surface area contributed by atoms with Gasteiger partial charge in [-0.2, -0.15) is 0 Å². The molecule has 0 bridgehead atoms. The predicted octanol–water partition coefficient (Wildman–Crippen LogP) is 2.40. The third kappa shape index (κ3) is 2.38. The summed E-state index contributed by atoms with van der Waals surface area (Å²) in [6.07, 6.45) is 5.54. The summed E-state index contributed by atoms with van der Waals surface area (Å²) >= 11 is 1.88. The Morgan fingerprint density at radius 1 is 1.69 bits per heavy atom. The molecular weight excluding hydrogens is 220 g/mol. The predicted molar refractivity (Wildman–Crippen MR) is 66.4 cm³/mol. The van der Waals surface area contributed by atoms with Crippen LogP contribution in [-0.4, -0.2) is 33.5 Å².